The third-order valence-corrected chi connectivity index (χ3v) is 4.63. The number of amides is 1. The highest BCUT2D eigenvalue weighted by Gasteiger charge is 2.21. The first-order valence-electron chi connectivity index (χ1n) is 9.15. The average molecular weight is 356 g/mol. The van der Waals surface area contributed by atoms with E-state index >= 15 is 0 Å². The van der Waals surface area contributed by atoms with Gasteiger partial charge in [0.25, 0.3) is 5.91 Å². The van der Waals surface area contributed by atoms with E-state index in [-0.39, 0.29) is 17.6 Å². The van der Waals surface area contributed by atoms with Crippen LogP contribution in [0.25, 0.3) is 0 Å². The molecule has 0 bridgehead atoms. The van der Waals surface area contributed by atoms with Crippen LogP contribution in [-0.4, -0.2) is 43.6 Å². The highest BCUT2D eigenvalue weighted by molar-refractivity contribution is 5.94. The quantitative estimate of drug-likeness (QED) is 0.773. The van der Waals surface area contributed by atoms with E-state index < -0.39 is 5.82 Å². The molecular weight excluding hydrogens is 331 g/mol. The molecule has 1 N–H and O–H groups in total. The SMILES string of the molecule is O=C(NCCCCN1CCOC(c2ccccc2)C1)c1ccccc1F. The van der Waals surface area contributed by atoms with Crippen LogP contribution in [0.15, 0.2) is 54.6 Å². The van der Waals surface area contributed by atoms with Crippen molar-refractivity contribution in [1.82, 2.24) is 10.2 Å². The summed E-state index contributed by atoms with van der Waals surface area (Å²) >= 11 is 0. The topological polar surface area (TPSA) is 41.6 Å². The Kier molecular flexibility index (Phi) is 6.75. The van der Waals surface area contributed by atoms with Gasteiger partial charge in [0.1, 0.15) is 5.82 Å². The van der Waals surface area contributed by atoms with Crippen LogP contribution in [0.2, 0.25) is 0 Å². The number of hydrogen-bond donors (Lipinski definition) is 1. The summed E-state index contributed by atoms with van der Waals surface area (Å²) in [5.74, 6) is -0.830. The minimum atomic E-state index is -0.481. The molecule has 1 aliphatic heterocycles. The predicted octanol–water partition coefficient (Wildman–Crippen LogP) is 3.41. The molecular formula is C21H25FN2O2. The molecule has 1 aliphatic rings. The van der Waals surface area contributed by atoms with Crippen LogP contribution in [0.1, 0.15) is 34.9 Å². The summed E-state index contributed by atoms with van der Waals surface area (Å²) in [7, 11) is 0. The maximum absolute atomic E-state index is 13.6. The molecule has 0 saturated carbocycles. The number of morpholine rings is 1. The molecule has 1 unspecified atom stereocenters. The summed E-state index contributed by atoms with van der Waals surface area (Å²) in [6.45, 7) is 4.10. The molecule has 2 aromatic rings. The van der Waals surface area contributed by atoms with Crippen molar-refractivity contribution in [3.8, 4) is 0 Å². The van der Waals surface area contributed by atoms with Crippen LogP contribution in [0, 0.1) is 5.82 Å². The van der Waals surface area contributed by atoms with Gasteiger partial charge in [-0.25, -0.2) is 4.39 Å². The Morgan fingerprint density at radius 3 is 2.69 bits per heavy atom. The molecule has 5 heteroatoms. The van der Waals surface area contributed by atoms with E-state index in [0.29, 0.717) is 6.54 Å². The van der Waals surface area contributed by atoms with Crippen LogP contribution >= 0.6 is 0 Å². The van der Waals surface area contributed by atoms with E-state index in [1.807, 2.05) is 18.2 Å². The number of nitrogens with zero attached hydrogens (tertiary/aromatic N) is 1. The monoisotopic (exact) mass is 356 g/mol. The Balaban J connectivity index is 1.36. The zero-order valence-corrected chi connectivity index (χ0v) is 14.9. The Labute approximate surface area is 154 Å². The molecule has 1 atom stereocenters. The van der Waals surface area contributed by atoms with Crippen molar-refractivity contribution >= 4 is 5.91 Å². The number of unbranched alkanes of at least 4 members (excludes halogenated alkanes) is 1. The van der Waals surface area contributed by atoms with Crippen molar-refractivity contribution in [3.05, 3.63) is 71.5 Å². The number of ether oxygens (including phenoxy) is 1. The number of nitrogens with one attached hydrogen (secondary N) is 1. The van der Waals surface area contributed by atoms with E-state index in [0.717, 1.165) is 39.1 Å². The first-order valence-corrected chi connectivity index (χ1v) is 9.15. The molecule has 1 amide bonds. The van der Waals surface area contributed by atoms with Gasteiger partial charge >= 0.3 is 0 Å². The fraction of sp³-hybridized carbons (Fsp3) is 0.381. The third-order valence-electron chi connectivity index (χ3n) is 4.63. The van der Waals surface area contributed by atoms with Gasteiger partial charge in [0.15, 0.2) is 0 Å². The average Bonchev–Trinajstić information content (AvgIpc) is 2.69. The Morgan fingerprint density at radius 2 is 1.88 bits per heavy atom. The maximum atomic E-state index is 13.6. The lowest BCUT2D eigenvalue weighted by molar-refractivity contribution is -0.0303. The normalized spacial score (nSPS) is 17.8. The van der Waals surface area contributed by atoms with E-state index in [2.05, 4.69) is 22.3 Å². The van der Waals surface area contributed by atoms with Crippen LogP contribution < -0.4 is 5.32 Å². The van der Waals surface area contributed by atoms with Gasteiger partial charge in [-0.15, -0.1) is 0 Å². The minimum absolute atomic E-state index is 0.103. The fourth-order valence-corrected chi connectivity index (χ4v) is 3.18. The smallest absolute Gasteiger partial charge is 0.254 e. The van der Waals surface area contributed by atoms with E-state index in [1.54, 1.807) is 12.1 Å². The lowest BCUT2D eigenvalue weighted by Crippen LogP contribution is -2.39. The van der Waals surface area contributed by atoms with E-state index in [4.69, 9.17) is 4.74 Å². The second-order valence-electron chi connectivity index (χ2n) is 6.51. The largest absolute Gasteiger partial charge is 0.371 e. The highest BCUT2D eigenvalue weighted by Crippen LogP contribution is 2.21. The van der Waals surface area contributed by atoms with Crippen molar-refractivity contribution in [2.45, 2.75) is 18.9 Å². The molecule has 0 aliphatic carbocycles. The molecule has 26 heavy (non-hydrogen) atoms. The van der Waals surface area contributed by atoms with E-state index in [1.165, 1.54) is 17.7 Å². The minimum Gasteiger partial charge on any atom is -0.371 e. The van der Waals surface area contributed by atoms with E-state index in [9.17, 15) is 9.18 Å². The molecule has 0 aromatic heterocycles. The van der Waals surface area contributed by atoms with Crippen molar-refractivity contribution in [1.29, 1.82) is 0 Å². The van der Waals surface area contributed by atoms with Gasteiger partial charge < -0.3 is 10.1 Å². The van der Waals surface area contributed by atoms with Crippen molar-refractivity contribution in [2.24, 2.45) is 0 Å². The van der Waals surface area contributed by atoms with Gasteiger partial charge in [-0.1, -0.05) is 42.5 Å². The van der Waals surface area contributed by atoms with Crippen LogP contribution in [0.4, 0.5) is 4.39 Å². The molecule has 2 aromatic carbocycles. The number of rotatable bonds is 7. The standard InChI is InChI=1S/C21H25FN2O2/c22-19-11-5-4-10-18(19)21(25)23-12-6-7-13-24-14-15-26-20(16-24)17-8-2-1-3-9-17/h1-5,8-11,20H,6-7,12-16H2,(H,23,25). The van der Waals surface area contributed by atoms with Crippen molar-refractivity contribution in [3.63, 3.8) is 0 Å². The molecule has 1 heterocycles. The number of benzene rings is 2. The van der Waals surface area contributed by atoms with Gasteiger partial charge in [0.05, 0.1) is 18.3 Å². The van der Waals surface area contributed by atoms with Gasteiger partial charge in [-0.3, -0.25) is 9.69 Å². The fourth-order valence-electron chi connectivity index (χ4n) is 3.18. The van der Waals surface area contributed by atoms with Crippen molar-refractivity contribution in [2.75, 3.05) is 32.8 Å². The maximum Gasteiger partial charge on any atom is 0.254 e. The van der Waals surface area contributed by atoms with Gasteiger partial charge in [0, 0.05) is 19.6 Å². The predicted molar refractivity (Wildman–Crippen MR) is 99.5 cm³/mol. The summed E-state index contributed by atoms with van der Waals surface area (Å²) in [4.78, 5) is 14.4. The summed E-state index contributed by atoms with van der Waals surface area (Å²) in [6, 6.07) is 16.3. The first-order chi connectivity index (χ1) is 12.7. The van der Waals surface area contributed by atoms with Gasteiger partial charge in [-0.2, -0.15) is 0 Å². The third kappa shape index (κ3) is 5.13. The molecule has 0 radical (unpaired) electrons. The number of hydrogen-bond acceptors (Lipinski definition) is 3. The summed E-state index contributed by atoms with van der Waals surface area (Å²) in [6.07, 6.45) is 1.98. The Bertz CT molecular complexity index is 708. The molecule has 1 fully saturated rings. The summed E-state index contributed by atoms with van der Waals surface area (Å²) < 4.78 is 19.4. The zero-order chi connectivity index (χ0) is 18.2. The molecule has 3 rings (SSSR count). The Hall–Kier alpha value is -2.24. The summed E-state index contributed by atoms with van der Waals surface area (Å²) in [5.41, 5.74) is 1.32. The number of carbonyl (C=O) groups is 1. The molecule has 4 nitrogen and oxygen atoms in total. The first kappa shape index (κ1) is 18.5. The second-order valence-corrected chi connectivity index (χ2v) is 6.51. The van der Waals surface area contributed by atoms with Gasteiger partial charge in [0.2, 0.25) is 0 Å². The molecule has 0 spiro atoms. The Morgan fingerprint density at radius 1 is 1.12 bits per heavy atom. The zero-order valence-electron chi connectivity index (χ0n) is 14.9. The number of carbonyl (C=O) groups excluding carboxylic acids is 1. The van der Waals surface area contributed by atoms with Crippen LogP contribution in [0.3, 0.4) is 0 Å². The lowest BCUT2D eigenvalue weighted by Gasteiger charge is -2.33. The highest BCUT2D eigenvalue weighted by atomic mass is 19.1. The van der Waals surface area contributed by atoms with Crippen molar-refractivity contribution < 1.29 is 13.9 Å². The molecule has 1 saturated heterocycles. The van der Waals surface area contributed by atoms with Crippen LogP contribution in [0.5, 0.6) is 0 Å². The van der Waals surface area contributed by atoms with Crippen LogP contribution in [-0.2, 0) is 4.74 Å². The second kappa shape index (κ2) is 9.46. The lowest BCUT2D eigenvalue weighted by atomic mass is 10.1. The number of halogens is 1. The van der Waals surface area contributed by atoms with Gasteiger partial charge in [-0.05, 0) is 37.1 Å². The summed E-state index contributed by atoms with van der Waals surface area (Å²) in [5, 5.41) is 2.79. The molecule has 138 valence electrons.